The molecule has 0 aromatic heterocycles. The molecule has 0 spiro atoms. The van der Waals surface area contributed by atoms with E-state index in [0.29, 0.717) is 13.0 Å². The second-order valence-electron chi connectivity index (χ2n) is 2.62. The SMILES string of the molecule is COC(=O)CCCCCNC(=O)O. The van der Waals surface area contributed by atoms with Gasteiger partial charge in [0.25, 0.3) is 0 Å². The summed E-state index contributed by atoms with van der Waals surface area (Å²) in [6, 6.07) is 0. The lowest BCUT2D eigenvalue weighted by Gasteiger charge is -2.00. The van der Waals surface area contributed by atoms with Gasteiger partial charge >= 0.3 is 12.1 Å². The van der Waals surface area contributed by atoms with Crippen LogP contribution in [-0.2, 0) is 9.53 Å². The number of hydrogen-bond acceptors (Lipinski definition) is 3. The lowest BCUT2D eigenvalue weighted by atomic mass is 10.2. The Balaban J connectivity index is 3.08. The molecular formula is C8H15NO4. The van der Waals surface area contributed by atoms with Crippen molar-refractivity contribution < 1.29 is 19.4 Å². The molecule has 0 aromatic rings. The zero-order chi connectivity index (χ0) is 10.1. The molecule has 0 bridgehead atoms. The van der Waals surface area contributed by atoms with Crippen molar-refractivity contribution in [3.8, 4) is 0 Å². The maximum Gasteiger partial charge on any atom is 0.404 e. The first-order chi connectivity index (χ1) is 6.16. The highest BCUT2D eigenvalue weighted by molar-refractivity contribution is 5.68. The summed E-state index contributed by atoms with van der Waals surface area (Å²) < 4.78 is 4.45. The van der Waals surface area contributed by atoms with Crippen LogP contribution in [0.2, 0.25) is 0 Å². The Morgan fingerprint density at radius 2 is 2.00 bits per heavy atom. The molecule has 0 saturated heterocycles. The molecular weight excluding hydrogens is 174 g/mol. The van der Waals surface area contributed by atoms with Crippen LogP contribution in [0.3, 0.4) is 0 Å². The Bertz CT molecular complexity index is 170. The molecule has 0 aliphatic carbocycles. The van der Waals surface area contributed by atoms with E-state index in [1.165, 1.54) is 7.11 Å². The lowest BCUT2D eigenvalue weighted by Crippen LogP contribution is -2.21. The van der Waals surface area contributed by atoms with Crippen molar-refractivity contribution in [3.63, 3.8) is 0 Å². The van der Waals surface area contributed by atoms with Crippen LogP contribution in [0.25, 0.3) is 0 Å². The summed E-state index contributed by atoms with van der Waals surface area (Å²) in [5, 5.41) is 10.5. The summed E-state index contributed by atoms with van der Waals surface area (Å²) in [6.45, 7) is 0.441. The first-order valence-corrected chi connectivity index (χ1v) is 4.20. The minimum absolute atomic E-state index is 0.216. The van der Waals surface area contributed by atoms with E-state index < -0.39 is 6.09 Å². The van der Waals surface area contributed by atoms with Crippen LogP contribution < -0.4 is 5.32 Å². The van der Waals surface area contributed by atoms with E-state index in [4.69, 9.17) is 5.11 Å². The van der Waals surface area contributed by atoms with E-state index in [9.17, 15) is 9.59 Å². The molecule has 0 heterocycles. The van der Waals surface area contributed by atoms with Gasteiger partial charge in [-0.05, 0) is 12.8 Å². The molecule has 5 heteroatoms. The van der Waals surface area contributed by atoms with E-state index >= 15 is 0 Å². The first kappa shape index (κ1) is 11.7. The summed E-state index contributed by atoms with van der Waals surface area (Å²) in [7, 11) is 1.36. The van der Waals surface area contributed by atoms with Crippen LogP contribution in [0.5, 0.6) is 0 Å². The number of carbonyl (C=O) groups is 2. The van der Waals surface area contributed by atoms with Gasteiger partial charge in [0.1, 0.15) is 0 Å². The van der Waals surface area contributed by atoms with Crippen LogP contribution in [0.15, 0.2) is 0 Å². The highest BCUT2D eigenvalue weighted by atomic mass is 16.5. The highest BCUT2D eigenvalue weighted by Crippen LogP contribution is 1.99. The van der Waals surface area contributed by atoms with Crippen molar-refractivity contribution in [2.45, 2.75) is 25.7 Å². The number of esters is 1. The van der Waals surface area contributed by atoms with E-state index in [2.05, 4.69) is 10.1 Å². The predicted molar refractivity (Wildman–Crippen MR) is 46.5 cm³/mol. The van der Waals surface area contributed by atoms with Crippen molar-refractivity contribution in [3.05, 3.63) is 0 Å². The van der Waals surface area contributed by atoms with Crippen molar-refractivity contribution in [2.24, 2.45) is 0 Å². The van der Waals surface area contributed by atoms with Crippen molar-refractivity contribution in [1.82, 2.24) is 5.32 Å². The third-order valence-corrected chi connectivity index (χ3v) is 1.56. The number of carboxylic acid groups (broad SMARTS) is 1. The van der Waals surface area contributed by atoms with Crippen LogP contribution in [0.1, 0.15) is 25.7 Å². The summed E-state index contributed by atoms with van der Waals surface area (Å²) >= 11 is 0. The fourth-order valence-electron chi connectivity index (χ4n) is 0.868. The van der Waals surface area contributed by atoms with Gasteiger partial charge in [0, 0.05) is 13.0 Å². The Kier molecular flexibility index (Phi) is 6.68. The summed E-state index contributed by atoms with van der Waals surface area (Å²) in [6.07, 6.45) is 1.73. The Labute approximate surface area is 77.1 Å². The van der Waals surface area contributed by atoms with Gasteiger partial charge in [-0.1, -0.05) is 6.42 Å². The number of rotatable bonds is 6. The summed E-state index contributed by atoms with van der Waals surface area (Å²) in [4.78, 5) is 20.6. The topological polar surface area (TPSA) is 75.6 Å². The van der Waals surface area contributed by atoms with E-state index in [0.717, 1.165) is 19.3 Å². The maximum absolute atomic E-state index is 10.6. The van der Waals surface area contributed by atoms with Gasteiger partial charge < -0.3 is 15.2 Å². The smallest absolute Gasteiger partial charge is 0.404 e. The molecule has 0 radical (unpaired) electrons. The fourth-order valence-corrected chi connectivity index (χ4v) is 0.868. The largest absolute Gasteiger partial charge is 0.469 e. The quantitative estimate of drug-likeness (QED) is 0.482. The van der Waals surface area contributed by atoms with Gasteiger partial charge in [0.05, 0.1) is 7.11 Å². The van der Waals surface area contributed by atoms with E-state index in [-0.39, 0.29) is 5.97 Å². The molecule has 1 amide bonds. The monoisotopic (exact) mass is 189 g/mol. The molecule has 0 aromatic carbocycles. The number of methoxy groups -OCH3 is 1. The number of ether oxygens (including phenoxy) is 1. The van der Waals surface area contributed by atoms with Gasteiger partial charge in [0.15, 0.2) is 0 Å². The number of unbranched alkanes of at least 4 members (excludes halogenated alkanes) is 2. The number of amides is 1. The minimum Gasteiger partial charge on any atom is -0.469 e. The summed E-state index contributed by atoms with van der Waals surface area (Å²) in [5.41, 5.74) is 0. The molecule has 0 aliphatic rings. The third kappa shape index (κ3) is 8.65. The number of hydrogen-bond donors (Lipinski definition) is 2. The Hall–Kier alpha value is -1.26. The minimum atomic E-state index is -1.01. The molecule has 0 fully saturated rings. The number of carbonyl (C=O) groups excluding carboxylic acids is 1. The maximum atomic E-state index is 10.6. The molecule has 0 atom stereocenters. The molecule has 0 aliphatic heterocycles. The molecule has 0 rings (SSSR count). The molecule has 5 nitrogen and oxygen atoms in total. The van der Waals surface area contributed by atoms with E-state index in [1.807, 2.05) is 0 Å². The molecule has 2 N–H and O–H groups in total. The predicted octanol–water partition coefficient (Wildman–Crippen LogP) is 0.987. The second-order valence-corrected chi connectivity index (χ2v) is 2.62. The zero-order valence-corrected chi connectivity index (χ0v) is 7.71. The van der Waals surface area contributed by atoms with Crippen LogP contribution >= 0.6 is 0 Å². The lowest BCUT2D eigenvalue weighted by molar-refractivity contribution is -0.140. The van der Waals surface area contributed by atoms with Gasteiger partial charge in [-0.25, -0.2) is 4.79 Å². The van der Waals surface area contributed by atoms with Gasteiger partial charge in [-0.2, -0.15) is 0 Å². The van der Waals surface area contributed by atoms with Crippen LogP contribution in [0, 0.1) is 0 Å². The van der Waals surface area contributed by atoms with Crippen molar-refractivity contribution >= 4 is 12.1 Å². The van der Waals surface area contributed by atoms with Crippen molar-refractivity contribution in [1.29, 1.82) is 0 Å². The normalized spacial score (nSPS) is 9.31. The van der Waals surface area contributed by atoms with Crippen molar-refractivity contribution in [2.75, 3.05) is 13.7 Å². The van der Waals surface area contributed by atoms with Gasteiger partial charge in [0.2, 0.25) is 0 Å². The third-order valence-electron chi connectivity index (χ3n) is 1.56. The first-order valence-electron chi connectivity index (χ1n) is 4.20. The van der Waals surface area contributed by atoms with Gasteiger partial charge in [-0.15, -0.1) is 0 Å². The standard InChI is InChI=1S/C8H15NO4/c1-13-7(10)5-3-2-4-6-9-8(11)12/h9H,2-6H2,1H3,(H,11,12). The van der Waals surface area contributed by atoms with E-state index in [1.54, 1.807) is 0 Å². The number of nitrogens with one attached hydrogen (secondary N) is 1. The summed E-state index contributed by atoms with van der Waals surface area (Å²) in [5.74, 6) is -0.216. The average molecular weight is 189 g/mol. The molecule has 76 valence electrons. The fraction of sp³-hybridized carbons (Fsp3) is 0.750. The Morgan fingerprint density at radius 1 is 1.31 bits per heavy atom. The highest BCUT2D eigenvalue weighted by Gasteiger charge is 1.99. The molecule has 0 saturated carbocycles. The zero-order valence-electron chi connectivity index (χ0n) is 7.71. The average Bonchev–Trinajstić information content (AvgIpc) is 2.10. The second kappa shape index (κ2) is 7.39. The van der Waals surface area contributed by atoms with Gasteiger partial charge in [-0.3, -0.25) is 4.79 Å². The molecule has 0 unspecified atom stereocenters. The van der Waals surface area contributed by atoms with Crippen LogP contribution in [-0.4, -0.2) is 30.8 Å². The Morgan fingerprint density at radius 3 is 2.54 bits per heavy atom. The van der Waals surface area contributed by atoms with Crippen LogP contribution in [0.4, 0.5) is 4.79 Å². The molecule has 13 heavy (non-hydrogen) atoms.